The van der Waals surface area contributed by atoms with Gasteiger partial charge in [0.2, 0.25) is 5.91 Å². The lowest BCUT2D eigenvalue weighted by Crippen LogP contribution is -2.45. The SMILES string of the molecule is CN(CC(=O)N1CCCC1)CC(c1cccs1)N1CCOCC1. The Morgan fingerprint density at radius 3 is 2.70 bits per heavy atom. The number of likely N-dealkylation sites (N-methyl/N-ethyl adjacent to an activating group) is 1. The number of carbonyl (C=O) groups excluding carboxylic acids is 1. The van der Waals surface area contributed by atoms with Gasteiger partial charge in [0.25, 0.3) is 0 Å². The van der Waals surface area contributed by atoms with Gasteiger partial charge in [0.05, 0.1) is 25.8 Å². The topological polar surface area (TPSA) is 36.0 Å². The first-order chi connectivity index (χ1) is 11.2. The van der Waals surface area contributed by atoms with E-state index < -0.39 is 0 Å². The van der Waals surface area contributed by atoms with Crippen LogP contribution in [0.5, 0.6) is 0 Å². The summed E-state index contributed by atoms with van der Waals surface area (Å²) in [5.41, 5.74) is 0. The molecule has 1 amide bonds. The summed E-state index contributed by atoms with van der Waals surface area (Å²) in [6, 6.07) is 4.68. The van der Waals surface area contributed by atoms with E-state index in [4.69, 9.17) is 4.74 Å². The zero-order valence-electron chi connectivity index (χ0n) is 13.9. The largest absolute Gasteiger partial charge is 0.379 e. The molecule has 1 atom stereocenters. The zero-order chi connectivity index (χ0) is 16.1. The van der Waals surface area contributed by atoms with Gasteiger partial charge in [-0.05, 0) is 31.3 Å². The summed E-state index contributed by atoms with van der Waals surface area (Å²) in [5.74, 6) is 0.275. The summed E-state index contributed by atoms with van der Waals surface area (Å²) in [4.78, 5) is 20.4. The quantitative estimate of drug-likeness (QED) is 0.791. The molecule has 0 bridgehead atoms. The lowest BCUT2D eigenvalue weighted by atomic mass is 10.1. The van der Waals surface area contributed by atoms with Crippen molar-refractivity contribution in [2.45, 2.75) is 18.9 Å². The van der Waals surface area contributed by atoms with Crippen molar-refractivity contribution >= 4 is 17.2 Å². The van der Waals surface area contributed by atoms with Gasteiger partial charge in [-0.1, -0.05) is 6.07 Å². The first-order valence-corrected chi connectivity index (χ1v) is 9.43. The number of morpholine rings is 1. The van der Waals surface area contributed by atoms with Crippen molar-refractivity contribution in [1.29, 1.82) is 0 Å². The molecule has 23 heavy (non-hydrogen) atoms. The van der Waals surface area contributed by atoms with Crippen molar-refractivity contribution in [2.24, 2.45) is 0 Å². The van der Waals surface area contributed by atoms with Crippen LogP contribution in [-0.4, -0.2) is 80.1 Å². The minimum Gasteiger partial charge on any atom is -0.379 e. The number of carbonyl (C=O) groups is 1. The molecule has 0 aliphatic carbocycles. The van der Waals surface area contributed by atoms with Crippen LogP contribution in [0.3, 0.4) is 0 Å². The van der Waals surface area contributed by atoms with Gasteiger partial charge in [0.15, 0.2) is 0 Å². The highest BCUT2D eigenvalue weighted by atomic mass is 32.1. The van der Waals surface area contributed by atoms with Crippen LogP contribution in [0.4, 0.5) is 0 Å². The Morgan fingerprint density at radius 2 is 2.04 bits per heavy atom. The van der Waals surface area contributed by atoms with Gasteiger partial charge in [0, 0.05) is 37.6 Å². The predicted octanol–water partition coefficient (Wildman–Crippen LogP) is 1.68. The normalized spacial score (nSPS) is 21.0. The van der Waals surface area contributed by atoms with Crippen LogP contribution in [0.1, 0.15) is 23.8 Å². The molecule has 0 N–H and O–H groups in total. The summed E-state index contributed by atoms with van der Waals surface area (Å²) in [5, 5.41) is 2.14. The van der Waals surface area contributed by atoms with Crippen LogP contribution in [0.25, 0.3) is 0 Å². The Bertz CT molecular complexity index is 482. The average Bonchev–Trinajstić information content (AvgIpc) is 3.26. The van der Waals surface area contributed by atoms with Crippen LogP contribution in [-0.2, 0) is 9.53 Å². The molecule has 3 heterocycles. The lowest BCUT2D eigenvalue weighted by molar-refractivity contribution is -0.131. The van der Waals surface area contributed by atoms with E-state index in [0.717, 1.165) is 58.8 Å². The Morgan fingerprint density at radius 1 is 1.30 bits per heavy atom. The highest BCUT2D eigenvalue weighted by Gasteiger charge is 2.26. The number of nitrogens with zero attached hydrogens (tertiary/aromatic N) is 3. The van der Waals surface area contributed by atoms with Gasteiger partial charge < -0.3 is 9.64 Å². The highest BCUT2D eigenvalue weighted by molar-refractivity contribution is 7.10. The maximum absolute atomic E-state index is 12.4. The van der Waals surface area contributed by atoms with E-state index in [0.29, 0.717) is 12.6 Å². The maximum Gasteiger partial charge on any atom is 0.236 e. The van der Waals surface area contributed by atoms with Gasteiger partial charge in [-0.15, -0.1) is 11.3 Å². The summed E-state index contributed by atoms with van der Waals surface area (Å²) >= 11 is 1.81. The number of amides is 1. The molecule has 0 radical (unpaired) electrons. The third kappa shape index (κ3) is 4.53. The van der Waals surface area contributed by atoms with Crippen molar-refractivity contribution in [2.75, 3.05) is 59.5 Å². The molecule has 2 fully saturated rings. The minimum absolute atomic E-state index is 0.275. The molecule has 128 valence electrons. The fourth-order valence-corrected chi connectivity index (χ4v) is 4.26. The monoisotopic (exact) mass is 337 g/mol. The van der Waals surface area contributed by atoms with Crippen molar-refractivity contribution in [3.8, 4) is 0 Å². The fourth-order valence-electron chi connectivity index (χ4n) is 3.41. The van der Waals surface area contributed by atoms with Crippen LogP contribution in [0.15, 0.2) is 17.5 Å². The first-order valence-electron chi connectivity index (χ1n) is 8.55. The number of hydrogen-bond acceptors (Lipinski definition) is 5. The Kier molecular flexibility index (Phi) is 6.05. The van der Waals surface area contributed by atoms with Crippen LogP contribution < -0.4 is 0 Å². The molecule has 3 rings (SSSR count). The summed E-state index contributed by atoms with van der Waals surface area (Å²) in [7, 11) is 2.06. The molecule has 5 nitrogen and oxygen atoms in total. The van der Waals surface area contributed by atoms with Gasteiger partial charge in [-0.25, -0.2) is 0 Å². The average molecular weight is 337 g/mol. The maximum atomic E-state index is 12.4. The van der Waals surface area contributed by atoms with E-state index in [1.165, 1.54) is 4.88 Å². The van der Waals surface area contributed by atoms with Crippen LogP contribution >= 0.6 is 11.3 Å². The third-order valence-electron chi connectivity index (χ3n) is 4.71. The van der Waals surface area contributed by atoms with Gasteiger partial charge in [-0.2, -0.15) is 0 Å². The van der Waals surface area contributed by atoms with Crippen molar-refractivity contribution < 1.29 is 9.53 Å². The summed E-state index contributed by atoms with van der Waals surface area (Å²) < 4.78 is 5.49. The lowest BCUT2D eigenvalue weighted by Gasteiger charge is -2.36. The summed E-state index contributed by atoms with van der Waals surface area (Å²) in [6.45, 7) is 6.82. The molecule has 1 aromatic heterocycles. The molecule has 0 saturated carbocycles. The van der Waals surface area contributed by atoms with E-state index in [1.807, 2.05) is 4.90 Å². The fraction of sp³-hybridized carbons (Fsp3) is 0.706. The Labute approximate surface area is 142 Å². The molecular formula is C17H27N3O2S. The Balaban J connectivity index is 1.59. The number of likely N-dealkylation sites (tertiary alicyclic amines) is 1. The van der Waals surface area contributed by atoms with Gasteiger partial charge in [-0.3, -0.25) is 14.6 Å². The molecule has 2 saturated heterocycles. The van der Waals surface area contributed by atoms with E-state index >= 15 is 0 Å². The van der Waals surface area contributed by atoms with E-state index in [9.17, 15) is 4.79 Å². The zero-order valence-corrected chi connectivity index (χ0v) is 14.8. The third-order valence-corrected chi connectivity index (χ3v) is 5.68. The molecule has 0 spiro atoms. The second kappa shape index (κ2) is 8.24. The molecule has 1 aromatic rings. The van der Waals surface area contributed by atoms with E-state index in [2.05, 4.69) is 34.4 Å². The van der Waals surface area contributed by atoms with Crippen molar-refractivity contribution in [3.63, 3.8) is 0 Å². The van der Waals surface area contributed by atoms with Crippen LogP contribution in [0.2, 0.25) is 0 Å². The number of ether oxygens (including phenoxy) is 1. The van der Waals surface area contributed by atoms with Gasteiger partial charge >= 0.3 is 0 Å². The minimum atomic E-state index is 0.275. The van der Waals surface area contributed by atoms with Crippen molar-refractivity contribution in [1.82, 2.24) is 14.7 Å². The Hall–Kier alpha value is -0.950. The molecular weight excluding hydrogens is 310 g/mol. The predicted molar refractivity (Wildman–Crippen MR) is 92.8 cm³/mol. The number of thiophene rings is 1. The van der Waals surface area contributed by atoms with Crippen molar-refractivity contribution in [3.05, 3.63) is 22.4 Å². The van der Waals surface area contributed by atoms with Gasteiger partial charge in [0.1, 0.15) is 0 Å². The second-order valence-electron chi connectivity index (χ2n) is 6.46. The molecule has 2 aliphatic heterocycles. The highest BCUT2D eigenvalue weighted by Crippen LogP contribution is 2.26. The molecule has 0 aromatic carbocycles. The standard InChI is InChI=1S/C17H27N3O2S/c1-18(14-17(21)20-6-2-3-7-20)13-15(16-5-4-12-23-16)19-8-10-22-11-9-19/h4-5,12,15H,2-3,6-11,13-14H2,1H3. The molecule has 1 unspecified atom stereocenters. The second-order valence-corrected chi connectivity index (χ2v) is 7.44. The number of hydrogen-bond donors (Lipinski definition) is 0. The molecule has 6 heteroatoms. The van der Waals surface area contributed by atoms with E-state index in [-0.39, 0.29) is 5.91 Å². The van der Waals surface area contributed by atoms with Crippen LogP contribution in [0, 0.1) is 0 Å². The molecule has 2 aliphatic rings. The first kappa shape index (κ1) is 16.9. The summed E-state index contributed by atoms with van der Waals surface area (Å²) in [6.07, 6.45) is 2.31. The number of rotatable bonds is 6. The van der Waals surface area contributed by atoms with E-state index in [1.54, 1.807) is 11.3 Å². The smallest absolute Gasteiger partial charge is 0.236 e.